The molecule has 2 aromatic carbocycles. The molecule has 0 aliphatic carbocycles. The van der Waals surface area contributed by atoms with Crippen molar-refractivity contribution in [3.05, 3.63) is 75.1 Å². The fourth-order valence-corrected chi connectivity index (χ4v) is 3.80. The topological polar surface area (TPSA) is 93.8 Å². The molecule has 1 N–H and O–H groups in total. The number of nitro groups is 1. The van der Waals surface area contributed by atoms with Crippen LogP contribution in [-0.4, -0.2) is 19.5 Å². The molecule has 0 spiro atoms. The second-order valence-corrected chi connectivity index (χ2v) is 7.14. The number of nitrogens with zero attached hydrogens (tertiary/aromatic N) is 4. The molecule has 4 aromatic rings. The first kappa shape index (κ1) is 17.3. The van der Waals surface area contributed by atoms with Crippen LogP contribution in [0.1, 0.15) is 5.69 Å². The molecule has 0 aliphatic rings. The van der Waals surface area contributed by atoms with Gasteiger partial charge in [-0.05, 0) is 23.7 Å². The molecule has 0 fully saturated rings. The van der Waals surface area contributed by atoms with Crippen LogP contribution in [0.5, 0.6) is 0 Å². The Kier molecular flexibility index (Phi) is 4.86. The van der Waals surface area contributed by atoms with Gasteiger partial charge in [0.25, 0.3) is 5.69 Å². The first-order valence-corrected chi connectivity index (χ1v) is 9.71. The predicted molar refractivity (Wildman–Crippen MR) is 107 cm³/mol. The van der Waals surface area contributed by atoms with Crippen molar-refractivity contribution in [1.29, 1.82) is 0 Å². The van der Waals surface area contributed by atoms with Gasteiger partial charge in [0.15, 0.2) is 0 Å². The van der Waals surface area contributed by atoms with Crippen LogP contribution in [0.4, 0.5) is 11.4 Å². The Labute approximate surface area is 162 Å². The van der Waals surface area contributed by atoms with E-state index >= 15 is 0 Å². The Morgan fingerprint density at radius 1 is 1.07 bits per heavy atom. The molecule has 7 nitrogen and oxygen atoms in total. The lowest BCUT2D eigenvalue weighted by Crippen LogP contribution is -1.99. The number of anilines is 1. The summed E-state index contributed by atoms with van der Waals surface area (Å²) in [5.41, 5.74) is 4.57. The van der Waals surface area contributed by atoms with Crippen molar-refractivity contribution >= 4 is 34.2 Å². The molecule has 134 valence electrons. The average Bonchev–Trinajstić information content (AvgIpc) is 3.39. The lowest BCUT2D eigenvalue weighted by molar-refractivity contribution is -0.384. The number of rotatable bonds is 6. The summed E-state index contributed by atoms with van der Waals surface area (Å²) in [6.07, 6.45) is 0. The number of thiazole rings is 1. The zero-order valence-corrected chi connectivity index (χ0v) is 15.5. The molecule has 2 heterocycles. The average molecular weight is 395 g/mol. The number of hydrogen-bond donors (Lipinski definition) is 1. The smallest absolute Gasteiger partial charge is 0.270 e. The number of hydrogen-bond acceptors (Lipinski definition) is 8. The van der Waals surface area contributed by atoms with Crippen molar-refractivity contribution in [2.24, 2.45) is 0 Å². The summed E-state index contributed by atoms with van der Waals surface area (Å²) in [6, 6.07) is 14.5. The Balaban J connectivity index is 1.42. The number of aromatic nitrogens is 3. The van der Waals surface area contributed by atoms with E-state index in [2.05, 4.69) is 19.9 Å². The third kappa shape index (κ3) is 3.99. The minimum Gasteiger partial charge on any atom is -0.379 e. The van der Waals surface area contributed by atoms with Crippen LogP contribution in [0.25, 0.3) is 21.8 Å². The van der Waals surface area contributed by atoms with E-state index in [1.807, 2.05) is 41.1 Å². The molecular formula is C18H13N5O2S2. The van der Waals surface area contributed by atoms with E-state index in [9.17, 15) is 10.1 Å². The molecule has 0 saturated heterocycles. The summed E-state index contributed by atoms with van der Waals surface area (Å²) in [7, 11) is 0. The van der Waals surface area contributed by atoms with Gasteiger partial charge in [0, 0.05) is 39.7 Å². The molecule has 0 atom stereocenters. The maximum absolute atomic E-state index is 10.9. The van der Waals surface area contributed by atoms with Gasteiger partial charge in [-0.3, -0.25) is 10.1 Å². The quantitative estimate of drug-likeness (QED) is 0.370. The molecule has 27 heavy (non-hydrogen) atoms. The molecular weight excluding hydrogens is 382 g/mol. The van der Waals surface area contributed by atoms with Crippen LogP contribution in [0.15, 0.2) is 59.3 Å². The Bertz CT molecular complexity index is 1060. The van der Waals surface area contributed by atoms with E-state index in [0.717, 1.165) is 33.2 Å². The third-order valence-corrected chi connectivity index (χ3v) is 5.31. The lowest BCUT2D eigenvalue weighted by atomic mass is 10.1. The number of benzene rings is 2. The van der Waals surface area contributed by atoms with Crippen molar-refractivity contribution in [2.75, 3.05) is 5.32 Å². The summed E-state index contributed by atoms with van der Waals surface area (Å²) < 4.78 is 3.87. The minimum atomic E-state index is -0.398. The Morgan fingerprint density at radius 3 is 2.67 bits per heavy atom. The van der Waals surface area contributed by atoms with Gasteiger partial charge in [0.05, 0.1) is 17.2 Å². The SMILES string of the molecule is O=[N+]([O-])c1cccc(-c2nc(CNc3ccc(-c4csnn4)cc3)cs2)c1. The second-order valence-electron chi connectivity index (χ2n) is 5.67. The lowest BCUT2D eigenvalue weighted by Gasteiger charge is -2.05. The fraction of sp³-hybridized carbons (Fsp3) is 0.0556. The van der Waals surface area contributed by atoms with Crippen molar-refractivity contribution in [3.63, 3.8) is 0 Å². The van der Waals surface area contributed by atoms with Gasteiger partial charge < -0.3 is 5.32 Å². The van der Waals surface area contributed by atoms with Gasteiger partial charge in [-0.25, -0.2) is 4.98 Å². The first-order valence-electron chi connectivity index (χ1n) is 7.99. The molecule has 0 radical (unpaired) electrons. The summed E-state index contributed by atoms with van der Waals surface area (Å²) in [5.74, 6) is 0. The maximum atomic E-state index is 10.9. The second kappa shape index (κ2) is 7.60. The number of nitrogens with one attached hydrogen (secondary N) is 1. The minimum absolute atomic E-state index is 0.0674. The summed E-state index contributed by atoms with van der Waals surface area (Å²) in [6.45, 7) is 0.572. The van der Waals surface area contributed by atoms with Crippen molar-refractivity contribution in [1.82, 2.24) is 14.6 Å². The van der Waals surface area contributed by atoms with E-state index in [4.69, 9.17) is 0 Å². The molecule has 0 amide bonds. The summed E-state index contributed by atoms with van der Waals surface area (Å²) >= 11 is 2.80. The first-order chi connectivity index (χ1) is 13.2. The van der Waals surface area contributed by atoms with E-state index < -0.39 is 4.92 Å². The van der Waals surface area contributed by atoms with E-state index in [-0.39, 0.29) is 5.69 Å². The van der Waals surface area contributed by atoms with Crippen LogP contribution in [0, 0.1) is 10.1 Å². The van der Waals surface area contributed by atoms with Crippen LogP contribution < -0.4 is 5.32 Å². The molecule has 0 bridgehead atoms. The molecule has 0 unspecified atom stereocenters. The molecule has 0 saturated carbocycles. The summed E-state index contributed by atoms with van der Waals surface area (Å²) in [4.78, 5) is 15.1. The molecule has 2 aromatic heterocycles. The predicted octanol–water partition coefficient (Wildman–Crippen LogP) is 4.85. The van der Waals surface area contributed by atoms with Gasteiger partial charge in [-0.2, -0.15) is 0 Å². The Morgan fingerprint density at radius 2 is 1.93 bits per heavy atom. The van der Waals surface area contributed by atoms with Gasteiger partial charge >= 0.3 is 0 Å². The third-order valence-electron chi connectivity index (χ3n) is 3.87. The van der Waals surface area contributed by atoms with E-state index in [1.165, 1.54) is 28.9 Å². The van der Waals surface area contributed by atoms with Gasteiger partial charge in [0.1, 0.15) is 10.7 Å². The van der Waals surface area contributed by atoms with Crippen molar-refractivity contribution in [3.8, 4) is 21.8 Å². The van der Waals surface area contributed by atoms with Gasteiger partial charge in [-0.15, -0.1) is 16.4 Å². The van der Waals surface area contributed by atoms with Crippen LogP contribution in [0.3, 0.4) is 0 Å². The van der Waals surface area contributed by atoms with Gasteiger partial charge in [0.2, 0.25) is 0 Å². The normalized spacial score (nSPS) is 10.7. The van der Waals surface area contributed by atoms with Crippen LogP contribution in [-0.2, 0) is 6.54 Å². The standard InChI is InChI=1S/C18H13N5O2S2/c24-23(25)16-3-1-2-13(8-16)18-20-15(10-26-18)9-19-14-6-4-12(5-7-14)17-11-27-22-21-17/h1-8,10-11,19H,9H2. The Hall–Kier alpha value is -3.17. The fourth-order valence-electron chi connectivity index (χ4n) is 2.52. The summed E-state index contributed by atoms with van der Waals surface area (Å²) in [5, 5.41) is 22.9. The van der Waals surface area contributed by atoms with E-state index in [0.29, 0.717) is 6.54 Å². The van der Waals surface area contributed by atoms with Crippen molar-refractivity contribution < 1.29 is 4.92 Å². The monoisotopic (exact) mass is 395 g/mol. The highest BCUT2D eigenvalue weighted by Gasteiger charge is 2.10. The van der Waals surface area contributed by atoms with Crippen LogP contribution in [0.2, 0.25) is 0 Å². The largest absolute Gasteiger partial charge is 0.379 e. The highest BCUT2D eigenvalue weighted by atomic mass is 32.1. The molecule has 4 rings (SSSR count). The van der Waals surface area contributed by atoms with Crippen LogP contribution >= 0.6 is 22.9 Å². The zero-order valence-electron chi connectivity index (χ0n) is 13.9. The molecule has 0 aliphatic heterocycles. The highest BCUT2D eigenvalue weighted by Crippen LogP contribution is 2.27. The maximum Gasteiger partial charge on any atom is 0.270 e. The molecule has 9 heteroatoms. The van der Waals surface area contributed by atoms with E-state index in [1.54, 1.807) is 12.1 Å². The van der Waals surface area contributed by atoms with Gasteiger partial charge in [-0.1, -0.05) is 28.8 Å². The number of nitro benzene ring substituents is 1. The zero-order chi connectivity index (χ0) is 18.6. The van der Waals surface area contributed by atoms with Crippen molar-refractivity contribution in [2.45, 2.75) is 6.54 Å². The highest BCUT2D eigenvalue weighted by molar-refractivity contribution is 7.13. The number of non-ortho nitro benzene ring substituents is 1.